The largest absolute Gasteiger partial charge is 0.389 e. The first-order valence-corrected chi connectivity index (χ1v) is 6.83. The lowest BCUT2D eigenvalue weighted by atomic mass is 10.1. The molecule has 0 bridgehead atoms. The Morgan fingerprint density at radius 2 is 1.62 bits per heavy atom. The summed E-state index contributed by atoms with van der Waals surface area (Å²) >= 11 is 4.94. The van der Waals surface area contributed by atoms with Crippen molar-refractivity contribution in [3.63, 3.8) is 0 Å². The van der Waals surface area contributed by atoms with Gasteiger partial charge in [0, 0.05) is 5.56 Å². The molecule has 1 aliphatic rings. The van der Waals surface area contributed by atoms with Crippen LogP contribution in [0.3, 0.4) is 0 Å². The predicted molar refractivity (Wildman–Crippen MR) is 83.0 cm³/mol. The second kappa shape index (κ2) is 5.10. The second-order valence-electron chi connectivity index (χ2n) is 4.81. The van der Waals surface area contributed by atoms with Crippen molar-refractivity contribution in [2.24, 2.45) is 5.73 Å². The van der Waals surface area contributed by atoms with Gasteiger partial charge in [-0.25, -0.2) is 0 Å². The number of carbonyl (C=O) groups excluding carboxylic acids is 2. The highest BCUT2D eigenvalue weighted by Gasteiger charge is 2.34. The topological polar surface area (TPSA) is 63.4 Å². The van der Waals surface area contributed by atoms with Gasteiger partial charge in [-0.3, -0.25) is 14.5 Å². The molecule has 2 aromatic rings. The van der Waals surface area contributed by atoms with E-state index < -0.39 is 0 Å². The molecule has 5 heteroatoms. The summed E-state index contributed by atoms with van der Waals surface area (Å²) in [7, 11) is 0. The molecule has 104 valence electrons. The average Bonchev–Trinajstić information content (AvgIpc) is 2.73. The van der Waals surface area contributed by atoms with Crippen LogP contribution in [0.25, 0.3) is 0 Å². The first-order chi connectivity index (χ1) is 10.1. The van der Waals surface area contributed by atoms with Gasteiger partial charge in [0.25, 0.3) is 11.8 Å². The highest BCUT2D eigenvalue weighted by atomic mass is 32.1. The molecule has 0 fully saturated rings. The molecule has 1 aliphatic heterocycles. The number of benzene rings is 2. The lowest BCUT2D eigenvalue weighted by molar-refractivity contribution is 0.0642. The maximum atomic E-state index is 12.3. The van der Waals surface area contributed by atoms with Crippen LogP contribution < -0.4 is 5.73 Å². The minimum Gasteiger partial charge on any atom is -0.389 e. The maximum absolute atomic E-state index is 12.3. The monoisotopic (exact) mass is 296 g/mol. The molecule has 0 atom stereocenters. The van der Waals surface area contributed by atoms with Gasteiger partial charge in [0.05, 0.1) is 17.7 Å². The fraction of sp³-hybridized carbons (Fsp3) is 0.0625. The van der Waals surface area contributed by atoms with E-state index in [0.29, 0.717) is 16.1 Å². The van der Waals surface area contributed by atoms with Gasteiger partial charge in [0.2, 0.25) is 0 Å². The van der Waals surface area contributed by atoms with Crippen molar-refractivity contribution in [3.05, 3.63) is 70.8 Å². The van der Waals surface area contributed by atoms with Crippen LogP contribution in [0.2, 0.25) is 0 Å². The molecule has 3 rings (SSSR count). The average molecular weight is 296 g/mol. The third kappa shape index (κ3) is 2.32. The molecule has 2 aromatic carbocycles. The molecule has 2 amide bonds. The molecular formula is C16H12N2O2S. The van der Waals surface area contributed by atoms with E-state index >= 15 is 0 Å². The van der Waals surface area contributed by atoms with Gasteiger partial charge in [-0.1, -0.05) is 42.5 Å². The van der Waals surface area contributed by atoms with Gasteiger partial charge >= 0.3 is 0 Å². The first-order valence-electron chi connectivity index (χ1n) is 6.42. The Morgan fingerprint density at radius 1 is 1.00 bits per heavy atom. The standard InChI is InChI=1S/C16H12N2O2S/c17-14(21)11-5-3-4-10(8-11)9-18-15(19)12-6-1-2-7-13(12)16(18)20/h1-8H,9H2,(H2,17,21). The zero-order valence-corrected chi connectivity index (χ0v) is 11.9. The zero-order chi connectivity index (χ0) is 15.0. The highest BCUT2D eigenvalue weighted by molar-refractivity contribution is 7.80. The Morgan fingerprint density at radius 3 is 2.19 bits per heavy atom. The van der Waals surface area contributed by atoms with E-state index in [1.807, 2.05) is 12.1 Å². The van der Waals surface area contributed by atoms with Gasteiger partial charge in [-0.15, -0.1) is 0 Å². The van der Waals surface area contributed by atoms with Crippen LogP contribution >= 0.6 is 12.2 Å². The van der Waals surface area contributed by atoms with Gasteiger partial charge in [-0.05, 0) is 23.8 Å². The summed E-state index contributed by atoms with van der Waals surface area (Å²) < 4.78 is 0. The highest BCUT2D eigenvalue weighted by Crippen LogP contribution is 2.24. The van der Waals surface area contributed by atoms with Crippen LogP contribution in [0.4, 0.5) is 0 Å². The van der Waals surface area contributed by atoms with Crippen LogP contribution in [0, 0.1) is 0 Å². The van der Waals surface area contributed by atoms with E-state index in [-0.39, 0.29) is 18.4 Å². The van der Waals surface area contributed by atoms with Crippen molar-refractivity contribution >= 4 is 29.0 Å². The number of thiocarbonyl (C=S) groups is 1. The van der Waals surface area contributed by atoms with E-state index in [9.17, 15) is 9.59 Å². The summed E-state index contributed by atoms with van der Waals surface area (Å²) in [4.78, 5) is 26.1. The Bertz CT molecular complexity index is 735. The number of nitrogens with zero attached hydrogens (tertiary/aromatic N) is 1. The lowest BCUT2D eigenvalue weighted by Gasteiger charge is -2.14. The summed E-state index contributed by atoms with van der Waals surface area (Å²) in [5.74, 6) is -0.535. The van der Waals surface area contributed by atoms with Crippen molar-refractivity contribution in [3.8, 4) is 0 Å². The molecule has 0 spiro atoms. The smallest absolute Gasteiger partial charge is 0.261 e. The molecule has 0 unspecified atom stereocenters. The normalized spacial score (nSPS) is 13.4. The maximum Gasteiger partial charge on any atom is 0.261 e. The molecule has 0 aromatic heterocycles. The molecule has 0 saturated heterocycles. The van der Waals surface area contributed by atoms with Crippen molar-refractivity contribution < 1.29 is 9.59 Å². The number of amides is 2. The van der Waals surface area contributed by atoms with Gasteiger partial charge in [-0.2, -0.15) is 0 Å². The molecule has 4 nitrogen and oxygen atoms in total. The minimum absolute atomic E-state index is 0.211. The van der Waals surface area contributed by atoms with Crippen LogP contribution in [-0.4, -0.2) is 21.7 Å². The number of hydrogen-bond donors (Lipinski definition) is 1. The zero-order valence-electron chi connectivity index (χ0n) is 11.1. The molecule has 2 N–H and O–H groups in total. The third-order valence-electron chi connectivity index (χ3n) is 3.43. The lowest BCUT2D eigenvalue weighted by Crippen LogP contribution is -2.29. The number of nitrogens with two attached hydrogens (primary N) is 1. The molecule has 0 saturated carbocycles. The van der Waals surface area contributed by atoms with E-state index in [2.05, 4.69) is 0 Å². The number of hydrogen-bond acceptors (Lipinski definition) is 3. The number of rotatable bonds is 3. The van der Waals surface area contributed by atoms with E-state index in [1.165, 1.54) is 4.90 Å². The van der Waals surface area contributed by atoms with Gasteiger partial charge in [0.1, 0.15) is 4.99 Å². The molecule has 21 heavy (non-hydrogen) atoms. The number of imide groups is 1. The fourth-order valence-electron chi connectivity index (χ4n) is 2.39. The molecule has 0 aliphatic carbocycles. The summed E-state index contributed by atoms with van der Waals surface area (Å²) in [6.07, 6.45) is 0. The van der Waals surface area contributed by atoms with Gasteiger partial charge < -0.3 is 5.73 Å². The van der Waals surface area contributed by atoms with Crippen molar-refractivity contribution in [1.82, 2.24) is 4.90 Å². The Kier molecular flexibility index (Phi) is 3.27. The van der Waals surface area contributed by atoms with Crippen molar-refractivity contribution in [2.45, 2.75) is 6.54 Å². The second-order valence-corrected chi connectivity index (χ2v) is 5.25. The molecule has 0 radical (unpaired) electrons. The van der Waals surface area contributed by atoms with Crippen molar-refractivity contribution in [2.75, 3.05) is 0 Å². The van der Waals surface area contributed by atoms with E-state index in [4.69, 9.17) is 18.0 Å². The number of carbonyl (C=O) groups is 2. The molecular weight excluding hydrogens is 284 g/mol. The fourth-order valence-corrected chi connectivity index (χ4v) is 2.52. The third-order valence-corrected chi connectivity index (χ3v) is 3.67. The summed E-state index contributed by atoms with van der Waals surface area (Å²) in [5.41, 5.74) is 8.04. The summed E-state index contributed by atoms with van der Waals surface area (Å²) in [6.45, 7) is 0.211. The van der Waals surface area contributed by atoms with Crippen LogP contribution in [0.1, 0.15) is 31.8 Å². The van der Waals surface area contributed by atoms with Crippen LogP contribution in [0.5, 0.6) is 0 Å². The summed E-state index contributed by atoms with van der Waals surface area (Å²) in [6, 6.07) is 14.1. The van der Waals surface area contributed by atoms with Crippen LogP contribution in [-0.2, 0) is 6.54 Å². The van der Waals surface area contributed by atoms with Crippen LogP contribution in [0.15, 0.2) is 48.5 Å². The number of fused-ring (bicyclic) bond motifs is 1. The Balaban J connectivity index is 1.90. The SMILES string of the molecule is NC(=S)c1cccc(CN2C(=O)c3ccccc3C2=O)c1. The Labute approximate surface area is 127 Å². The summed E-state index contributed by atoms with van der Waals surface area (Å²) in [5, 5.41) is 0. The molecule has 1 heterocycles. The van der Waals surface area contributed by atoms with E-state index in [1.54, 1.807) is 36.4 Å². The quantitative estimate of drug-likeness (QED) is 0.696. The van der Waals surface area contributed by atoms with Gasteiger partial charge in [0.15, 0.2) is 0 Å². The first kappa shape index (κ1) is 13.5. The van der Waals surface area contributed by atoms with E-state index in [0.717, 1.165) is 11.1 Å². The predicted octanol–water partition coefficient (Wildman–Crippen LogP) is 2.12. The minimum atomic E-state index is -0.267. The van der Waals surface area contributed by atoms with Crippen molar-refractivity contribution in [1.29, 1.82) is 0 Å². The Hall–Kier alpha value is -2.53.